The second-order valence-corrected chi connectivity index (χ2v) is 9.76. The molecule has 0 aromatic carbocycles. The van der Waals surface area contributed by atoms with Gasteiger partial charge in [-0.25, -0.2) is 0 Å². The number of imide groups is 1. The molecule has 1 aromatic heterocycles. The first-order valence-corrected chi connectivity index (χ1v) is 10.8. The van der Waals surface area contributed by atoms with Gasteiger partial charge in [-0.15, -0.1) is 0 Å². The van der Waals surface area contributed by atoms with Crippen molar-refractivity contribution in [1.82, 2.24) is 15.2 Å². The van der Waals surface area contributed by atoms with Gasteiger partial charge in [-0.2, -0.15) is 0 Å². The number of hydrogen-bond acceptors (Lipinski definition) is 5. The first-order valence-electron chi connectivity index (χ1n) is 10.8. The molecule has 2 amide bonds. The third-order valence-corrected chi connectivity index (χ3v) is 7.98. The molecule has 0 bridgehead atoms. The smallest absolute Gasteiger partial charge is 0.259 e. The van der Waals surface area contributed by atoms with E-state index in [9.17, 15) is 19.7 Å². The highest BCUT2D eigenvalue weighted by molar-refractivity contribution is 6.38. The highest BCUT2D eigenvalue weighted by Crippen LogP contribution is 2.58. The van der Waals surface area contributed by atoms with Crippen molar-refractivity contribution in [1.29, 1.82) is 0 Å². The first-order chi connectivity index (χ1) is 15.1. The topological polar surface area (TPSA) is 108 Å². The van der Waals surface area contributed by atoms with E-state index in [1.165, 1.54) is 0 Å². The fourth-order valence-electron chi connectivity index (χ4n) is 5.70. The van der Waals surface area contributed by atoms with Crippen LogP contribution in [0.5, 0.6) is 0 Å². The molecule has 0 spiro atoms. The van der Waals surface area contributed by atoms with E-state index in [2.05, 4.69) is 23.3 Å². The van der Waals surface area contributed by atoms with E-state index >= 15 is 0 Å². The van der Waals surface area contributed by atoms with Gasteiger partial charge >= 0.3 is 0 Å². The van der Waals surface area contributed by atoms with Crippen molar-refractivity contribution in [2.75, 3.05) is 7.05 Å². The van der Waals surface area contributed by atoms with Crippen LogP contribution in [0.25, 0.3) is 11.6 Å². The Labute approximate surface area is 185 Å². The Morgan fingerprint density at radius 2 is 1.94 bits per heavy atom. The van der Waals surface area contributed by atoms with E-state index in [4.69, 9.17) is 0 Å². The van der Waals surface area contributed by atoms with E-state index in [1.54, 1.807) is 6.08 Å². The minimum atomic E-state index is -0.587. The van der Waals surface area contributed by atoms with E-state index < -0.39 is 22.8 Å². The van der Waals surface area contributed by atoms with Gasteiger partial charge in [-0.05, 0) is 37.3 Å². The number of carbonyl (C=O) groups is 2. The molecular formula is C24H26N4O4. The second-order valence-electron chi connectivity index (χ2n) is 9.76. The number of nitrogens with one attached hydrogen (secondary N) is 2. The molecule has 2 aliphatic heterocycles. The molecule has 3 unspecified atom stereocenters. The third-order valence-electron chi connectivity index (χ3n) is 7.98. The van der Waals surface area contributed by atoms with Gasteiger partial charge in [0, 0.05) is 41.7 Å². The quantitative estimate of drug-likeness (QED) is 0.432. The maximum absolute atomic E-state index is 13.1. The fraction of sp³-hybridized carbons (Fsp3) is 0.417. The summed E-state index contributed by atoms with van der Waals surface area (Å²) >= 11 is 0. The van der Waals surface area contributed by atoms with E-state index in [0.29, 0.717) is 23.5 Å². The lowest BCUT2D eigenvalue weighted by Gasteiger charge is -2.48. The molecule has 0 radical (unpaired) electrons. The summed E-state index contributed by atoms with van der Waals surface area (Å²) in [6.45, 7) is 6.15. The van der Waals surface area contributed by atoms with Crippen molar-refractivity contribution in [3.05, 3.63) is 68.3 Å². The van der Waals surface area contributed by atoms with Crippen molar-refractivity contribution in [2.24, 2.45) is 11.3 Å². The number of H-pyrrole nitrogens is 1. The van der Waals surface area contributed by atoms with Crippen molar-refractivity contribution in [2.45, 2.75) is 45.6 Å². The zero-order valence-electron chi connectivity index (χ0n) is 18.6. The lowest BCUT2D eigenvalue weighted by atomic mass is 9.61. The van der Waals surface area contributed by atoms with Gasteiger partial charge in [-0.1, -0.05) is 26.0 Å². The molecule has 0 saturated heterocycles. The standard InChI is InChI=1S/C24H26N4O4/c1-13-5-6-15-16(11-25-18(15)9-13)19-20(22(30)26-21(19)29)17-12-27(4)24(3)10-14(28(31)32)7-8-23(17,24)2/h5-7,11-13,25H,8-10H2,1-4H3,(H,26,29,30). The Bertz CT molecular complexity index is 1220. The monoisotopic (exact) mass is 434 g/mol. The van der Waals surface area contributed by atoms with Gasteiger partial charge < -0.3 is 9.88 Å². The summed E-state index contributed by atoms with van der Waals surface area (Å²) in [6, 6.07) is 0. The zero-order chi connectivity index (χ0) is 23.0. The molecule has 32 heavy (non-hydrogen) atoms. The SMILES string of the molecule is CC1C=Cc2c(C3=C(C4=CN(C)C5(C)CC([N+](=O)[O-])=CCC45C)C(=O)NC3=O)c[nH]c2C1. The molecule has 0 saturated carbocycles. The van der Waals surface area contributed by atoms with Gasteiger partial charge in [0.05, 0.1) is 28.0 Å². The minimum absolute atomic E-state index is 0.187. The molecule has 2 N–H and O–H groups in total. The van der Waals surface area contributed by atoms with Gasteiger partial charge in [0.15, 0.2) is 0 Å². The average Bonchev–Trinajstić information content (AvgIpc) is 3.32. The molecule has 8 nitrogen and oxygen atoms in total. The number of amides is 2. The predicted octanol–water partition coefficient (Wildman–Crippen LogP) is 3.18. The van der Waals surface area contributed by atoms with Gasteiger partial charge in [0.2, 0.25) is 5.70 Å². The molecule has 8 heteroatoms. The van der Waals surface area contributed by atoms with Crippen molar-refractivity contribution in [3.8, 4) is 0 Å². The number of allylic oxidation sites excluding steroid dienone is 2. The Hall–Kier alpha value is -3.42. The maximum Gasteiger partial charge on any atom is 0.259 e. The van der Waals surface area contributed by atoms with Crippen molar-refractivity contribution >= 4 is 23.5 Å². The van der Waals surface area contributed by atoms with Gasteiger partial charge in [0.25, 0.3) is 11.8 Å². The van der Waals surface area contributed by atoms with Crippen LogP contribution in [0.4, 0.5) is 0 Å². The number of hydrogen-bond donors (Lipinski definition) is 2. The largest absolute Gasteiger partial charge is 0.373 e. The zero-order valence-corrected chi connectivity index (χ0v) is 18.6. The second kappa shape index (κ2) is 6.54. The molecular weight excluding hydrogens is 408 g/mol. The van der Waals surface area contributed by atoms with Gasteiger partial charge in [0.1, 0.15) is 0 Å². The molecule has 1 aromatic rings. The molecule has 4 aliphatic rings. The van der Waals surface area contributed by atoms with Crippen molar-refractivity contribution < 1.29 is 14.5 Å². The number of aromatic amines is 1. The molecule has 0 fully saturated rings. The van der Waals surface area contributed by atoms with Crippen LogP contribution in [0.1, 0.15) is 50.4 Å². The summed E-state index contributed by atoms with van der Waals surface area (Å²) in [5.41, 5.74) is 3.26. The highest BCUT2D eigenvalue weighted by Gasteiger charge is 2.59. The lowest BCUT2D eigenvalue weighted by Crippen LogP contribution is -2.52. The lowest BCUT2D eigenvalue weighted by molar-refractivity contribution is -0.431. The van der Waals surface area contributed by atoms with E-state index in [-0.39, 0.29) is 17.0 Å². The fourth-order valence-corrected chi connectivity index (χ4v) is 5.70. The van der Waals surface area contributed by atoms with Gasteiger partial charge in [-0.3, -0.25) is 25.0 Å². The molecule has 3 heterocycles. The predicted molar refractivity (Wildman–Crippen MR) is 119 cm³/mol. The summed E-state index contributed by atoms with van der Waals surface area (Å²) in [4.78, 5) is 42.5. The van der Waals surface area contributed by atoms with Crippen LogP contribution >= 0.6 is 0 Å². The van der Waals surface area contributed by atoms with E-state index in [0.717, 1.165) is 28.8 Å². The summed E-state index contributed by atoms with van der Waals surface area (Å²) < 4.78 is 0. The summed E-state index contributed by atoms with van der Waals surface area (Å²) in [5.74, 6) is -0.420. The summed E-state index contributed by atoms with van der Waals surface area (Å²) in [7, 11) is 1.88. The van der Waals surface area contributed by atoms with Crippen LogP contribution in [0.2, 0.25) is 0 Å². The summed E-state index contributed by atoms with van der Waals surface area (Å²) in [5, 5.41) is 14.0. The van der Waals surface area contributed by atoms with Crippen LogP contribution in [0.15, 0.2) is 41.4 Å². The number of rotatable bonds is 3. The van der Waals surface area contributed by atoms with Crippen LogP contribution < -0.4 is 5.32 Å². The van der Waals surface area contributed by atoms with Crippen LogP contribution in [0.3, 0.4) is 0 Å². The third kappa shape index (κ3) is 2.55. The van der Waals surface area contributed by atoms with Crippen molar-refractivity contribution in [3.63, 3.8) is 0 Å². The Balaban J connectivity index is 1.68. The molecule has 2 aliphatic carbocycles. The van der Waals surface area contributed by atoms with Crippen LogP contribution in [-0.4, -0.2) is 39.2 Å². The highest BCUT2D eigenvalue weighted by atomic mass is 16.6. The number of nitro groups is 1. The summed E-state index contributed by atoms with van der Waals surface area (Å²) in [6.07, 6.45) is 11.0. The Kier molecular flexibility index (Phi) is 4.19. The van der Waals surface area contributed by atoms with Crippen LogP contribution in [-0.2, 0) is 16.0 Å². The molecule has 3 atom stereocenters. The maximum atomic E-state index is 13.1. The number of carbonyl (C=O) groups excluding carboxylic acids is 2. The van der Waals surface area contributed by atoms with Crippen LogP contribution in [0, 0.1) is 21.4 Å². The first kappa shape index (κ1) is 20.5. The molecule has 166 valence electrons. The number of fused-ring (bicyclic) bond motifs is 2. The Morgan fingerprint density at radius 3 is 2.66 bits per heavy atom. The molecule has 5 rings (SSSR count). The number of aromatic nitrogens is 1. The van der Waals surface area contributed by atoms with E-state index in [1.807, 2.05) is 44.3 Å². The number of nitrogens with zero attached hydrogens (tertiary/aromatic N) is 2. The normalized spacial score (nSPS) is 31.4. The minimum Gasteiger partial charge on any atom is -0.373 e. The average molecular weight is 434 g/mol. The Morgan fingerprint density at radius 1 is 1.22 bits per heavy atom.